The number of hydrogen-bond acceptors (Lipinski definition) is 5. The van der Waals surface area contributed by atoms with Crippen LogP contribution in [0, 0.1) is 0 Å². The minimum absolute atomic E-state index is 0.169. The standard InChI is InChI=1S/C14H17BrN4O/c1-9(10-3-4-12(20-2)11(15)7-10)18-8-14-17-6-5-13(16)19-14/h3-7,9,18H,8H2,1-2H3,(H2,16,17,19)/t9-/m1/s1. The van der Waals surface area contributed by atoms with Gasteiger partial charge in [-0.1, -0.05) is 6.07 Å². The van der Waals surface area contributed by atoms with Crippen LogP contribution < -0.4 is 15.8 Å². The van der Waals surface area contributed by atoms with E-state index in [1.54, 1.807) is 19.4 Å². The van der Waals surface area contributed by atoms with Crippen LogP contribution >= 0.6 is 15.9 Å². The number of halogens is 1. The number of hydrogen-bond donors (Lipinski definition) is 2. The number of nitrogens with zero attached hydrogens (tertiary/aromatic N) is 2. The number of anilines is 1. The molecule has 1 atom stereocenters. The molecule has 0 unspecified atom stereocenters. The highest BCUT2D eigenvalue weighted by atomic mass is 79.9. The molecule has 0 saturated carbocycles. The molecule has 1 aromatic heterocycles. The maximum absolute atomic E-state index is 5.63. The molecule has 20 heavy (non-hydrogen) atoms. The van der Waals surface area contributed by atoms with Gasteiger partial charge in [0.15, 0.2) is 0 Å². The van der Waals surface area contributed by atoms with Gasteiger partial charge in [0.05, 0.1) is 18.1 Å². The molecule has 1 aromatic carbocycles. The molecule has 5 nitrogen and oxygen atoms in total. The number of nitrogens with two attached hydrogens (primary N) is 1. The zero-order valence-electron chi connectivity index (χ0n) is 11.4. The molecule has 1 heterocycles. The summed E-state index contributed by atoms with van der Waals surface area (Å²) in [5, 5.41) is 3.36. The van der Waals surface area contributed by atoms with E-state index in [-0.39, 0.29) is 6.04 Å². The monoisotopic (exact) mass is 336 g/mol. The fourth-order valence-corrected chi connectivity index (χ4v) is 2.37. The van der Waals surface area contributed by atoms with Gasteiger partial charge in [0.2, 0.25) is 0 Å². The van der Waals surface area contributed by atoms with Gasteiger partial charge in [-0.2, -0.15) is 0 Å². The number of nitrogens with one attached hydrogen (secondary N) is 1. The van der Waals surface area contributed by atoms with Gasteiger partial charge in [-0.25, -0.2) is 9.97 Å². The van der Waals surface area contributed by atoms with Gasteiger partial charge >= 0.3 is 0 Å². The fraction of sp³-hybridized carbons (Fsp3) is 0.286. The summed E-state index contributed by atoms with van der Waals surface area (Å²) in [6, 6.07) is 7.85. The minimum atomic E-state index is 0.169. The van der Waals surface area contributed by atoms with E-state index in [4.69, 9.17) is 10.5 Å². The highest BCUT2D eigenvalue weighted by Gasteiger charge is 2.09. The van der Waals surface area contributed by atoms with Crippen LogP contribution in [0.1, 0.15) is 24.4 Å². The molecular formula is C14H17BrN4O. The van der Waals surface area contributed by atoms with E-state index in [0.717, 1.165) is 15.8 Å². The van der Waals surface area contributed by atoms with E-state index >= 15 is 0 Å². The van der Waals surface area contributed by atoms with Gasteiger partial charge in [0.25, 0.3) is 0 Å². The second-order valence-electron chi connectivity index (χ2n) is 4.39. The Bertz CT molecular complexity index is 591. The molecule has 0 amide bonds. The van der Waals surface area contributed by atoms with E-state index in [9.17, 15) is 0 Å². The first-order valence-corrected chi connectivity index (χ1v) is 7.03. The lowest BCUT2D eigenvalue weighted by Gasteiger charge is -2.15. The summed E-state index contributed by atoms with van der Waals surface area (Å²) in [5.74, 6) is 1.99. The zero-order valence-corrected chi connectivity index (χ0v) is 13.0. The normalized spacial score (nSPS) is 12.2. The van der Waals surface area contributed by atoms with Crippen LogP contribution in [0.5, 0.6) is 5.75 Å². The van der Waals surface area contributed by atoms with Crippen molar-refractivity contribution in [1.82, 2.24) is 15.3 Å². The van der Waals surface area contributed by atoms with Crippen molar-refractivity contribution in [2.45, 2.75) is 19.5 Å². The third kappa shape index (κ3) is 3.68. The lowest BCUT2D eigenvalue weighted by atomic mass is 10.1. The summed E-state index contributed by atoms with van der Waals surface area (Å²) in [7, 11) is 1.65. The lowest BCUT2D eigenvalue weighted by molar-refractivity contribution is 0.411. The Morgan fingerprint density at radius 1 is 1.40 bits per heavy atom. The Morgan fingerprint density at radius 2 is 2.20 bits per heavy atom. The molecule has 2 rings (SSSR count). The highest BCUT2D eigenvalue weighted by molar-refractivity contribution is 9.10. The minimum Gasteiger partial charge on any atom is -0.496 e. The van der Waals surface area contributed by atoms with Crippen molar-refractivity contribution < 1.29 is 4.74 Å². The predicted molar refractivity (Wildman–Crippen MR) is 82.4 cm³/mol. The van der Waals surface area contributed by atoms with Gasteiger partial charge in [-0.15, -0.1) is 0 Å². The van der Waals surface area contributed by atoms with Gasteiger partial charge in [-0.3, -0.25) is 0 Å². The fourth-order valence-electron chi connectivity index (χ4n) is 1.81. The van der Waals surface area contributed by atoms with Gasteiger partial charge in [0.1, 0.15) is 17.4 Å². The van der Waals surface area contributed by atoms with E-state index in [0.29, 0.717) is 18.2 Å². The Labute approximate surface area is 126 Å². The number of rotatable bonds is 5. The molecular weight excluding hydrogens is 320 g/mol. The van der Waals surface area contributed by atoms with Crippen LogP contribution in [-0.2, 0) is 6.54 Å². The summed E-state index contributed by atoms with van der Waals surface area (Å²) >= 11 is 3.49. The van der Waals surface area contributed by atoms with Crippen molar-refractivity contribution in [2.24, 2.45) is 0 Å². The summed E-state index contributed by atoms with van der Waals surface area (Å²) in [6.07, 6.45) is 1.66. The van der Waals surface area contributed by atoms with Crippen LogP contribution in [-0.4, -0.2) is 17.1 Å². The van der Waals surface area contributed by atoms with Crippen LogP contribution in [0.2, 0.25) is 0 Å². The van der Waals surface area contributed by atoms with Crippen LogP contribution in [0.4, 0.5) is 5.82 Å². The molecule has 0 bridgehead atoms. The first-order valence-electron chi connectivity index (χ1n) is 6.24. The van der Waals surface area contributed by atoms with Crippen molar-refractivity contribution in [3.63, 3.8) is 0 Å². The first kappa shape index (κ1) is 14.7. The van der Waals surface area contributed by atoms with Crippen molar-refractivity contribution >= 4 is 21.7 Å². The Hall–Kier alpha value is -1.66. The quantitative estimate of drug-likeness (QED) is 0.878. The smallest absolute Gasteiger partial charge is 0.144 e. The number of nitrogen functional groups attached to an aromatic ring is 1. The average molecular weight is 337 g/mol. The maximum Gasteiger partial charge on any atom is 0.144 e. The number of ether oxygens (including phenoxy) is 1. The molecule has 0 radical (unpaired) electrons. The largest absolute Gasteiger partial charge is 0.496 e. The molecule has 2 aromatic rings. The van der Waals surface area contributed by atoms with Crippen LogP contribution in [0.25, 0.3) is 0 Å². The van der Waals surface area contributed by atoms with E-state index < -0.39 is 0 Å². The number of benzene rings is 1. The summed E-state index contributed by atoms with van der Waals surface area (Å²) < 4.78 is 6.16. The molecule has 0 spiro atoms. The van der Waals surface area contributed by atoms with Crippen LogP contribution in [0.3, 0.4) is 0 Å². The second kappa shape index (κ2) is 6.67. The summed E-state index contributed by atoms with van der Waals surface area (Å²) in [6.45, 7) is 2.65. The number of aromatic nitrogens is 2. The molecule has 0 aliphatic carbocycles. The first-order chi connectivity index (χ1) is 9.60. The molecule has 6 heteroatoms. The number of methoxy groups -OCH3 is 1. The molecule has 0 aliphatic heterocycles. The van der Waals surface area contributed by atoms with Crippen molar-refractivity contribution in [3.8, 4) is 5.75 Å². The lowest BCUT2D eigenvalue weighted by Crippen LogP contribution is -2.19. The van der Waals surface area contributed by atoms with Gasteiger partial charge < -0.3 is 15.8 Å². The van der Waals surface area contributed by atoms with Crippen molar-refractivity contribution in [3.05, 3.63) is 46.3 Å². The summed E-state index contributed by atoms with van der Waals surface area (Å²) in [5.41, 5.74) is 6.78. The Morgan fingerprint density at radius 3 is 2.85 bits per heavy atom. The van der Waals surface area contributed by atoms with Crippen LogP contribution in [0.15, 0.2) is 34.9 Å². The average Bonchev–Trinajstić information content (AvgIpc) is 2.44. The highest BCUT2D eigenvalue weighted by Crippen LogP contribution is 2.27. The topological polar surface area (TPSA) is 73.1 Å². The zero-order chi connectivity index (χ0) is 14.5. The molecule has 0 fully saturated rings. The molecule has 106 valence electrons. The predicted octanol–water partition coefficient (Wildman–Crippen LogP) is 2.68. The van der Waals surface area contributed by atoms with E-state index in [1.807, 2.05) is 18.2 Å². The molecule has 3 N–H and O–H groups in total. The van der Waals surface area contributed by atoms with Crippen molar-refractivity contribution in [2.75, 3.05) is 12.8 Å². The summed E-state index contributed by atoms with van der Waals surface area (Å²) in [4.78, 5) is 8.33. The SMILES string of the molecule is COc1ccc([C@@H](C)NCc2nccc(N)n2)cc1Br. The van der Waals surface area contributed by atoms with E-state index in [2.05, 4.69) is 38.1 Å². The van der Waals surface area contributed by atoms with Gasteiger partial charge in [0, 0.05) is 12.2 Å². The molecule has 0 saturated heterocycles. The third-order valence-electron chi connectivity index (χ3n) is 2.97. The third-order valence-corrected chi connectivity index (χ3v) is 3.59. The molecule has 0 aliphatic rings. The van der Waals surface area contributed by atoms with Crippen molar-refractivity contribution in [1.29, 1.82) is 0 Å². The maximum atomic E-state index is 5.63. The Balaban J connectivity index is 2.01. The Kier molecular flexibility index (Phi) is 4.92. The van der Waals surface area contributed by atoms with E-state index in [1.165, 1.54) is 0 Å². The van der Waals surface area contributed by atoms with Gasteiger partial charge in [-0.05, 0) is 46.6 Å². The second-order valence-corrected chi connectivity index (χ2v) is 5.25.